The summed E-state index contributed by atoms with van der Waals surface area (Å²) < 4.78 is 33.6. The third-order valence-electron chi connectivity index (χ3n) is 7.20. The molecule has 1 N–H and O–H groups in total. The van der Waals surface area contributed by atoms with Gasteiger partial charge in [0.25, 0.3) is 5.91 Å². The molecule has 3 aliphatic rings. The molecule has 0 aromatic heterocycles. The summed E-state index contributed by atoms with van der Waals surface area (Å²) in [5, 5.41) is 3.06. The molecule has 0 unspecified atom stereocenters. The van der Waals surface area contributed by atoms with Crippen LogP contribution in [0.3, 0.4) is 0 Å². The van der Waals surface area contributed by atoms with E-state index in [4.69, 9.17) is 28.4 Å². The van der Waals surface area contributed by atoms with Gasteiger partial charge in [-0.15, -0.1) is 0 Å². The van der Waals surface area contributed by atoms with E-state index in [1.165, 1.54) is 7.11 Å². The number of aliphatic imine (C=N–C) groups is 1. The molecule has 1 saturated heterocycles. The Morgan fingerprint density at radius 3 is 2.24 bits per heavy atom. The zero-order valence-electron chi connectivity index (χ0n) is 21.0. The lowest BCUT2D eigenvalue weighted by Gasteiger charge is -2.39. The zero-order valence-corrected chi connectivity index (χ0v) is 21.0. The molecule has 4 atom stereocenters. The highest BCUT2D eigenvalue weighted by molar-refractivity contribution is 5.94. The molecular formula is C27H28N2O8. The van der Waals surface area contributed by atoms with Crippen molar-refractivity contribution in [2.75, 3.05) is 34.7 Å². The maximum atomic E-state index is 13.2. The van der Waals surface area contributed by atoms with E-state index >= 15 is 0 Å². The topological polar surface area (TPSA) is 114 Å². The lowest BCUT2D eigenvalue weighted by molar-refractivity contribution is -0.141. The lowest BCUT2D eigenvalue weighted by atomic mass is 9.65. The highest BCUT2D eigenvalue weighted by Crippen LogP contribution is 2.55. The molecule has 2 aromatic rings. The first-order valence-electron chi connectivity index (χ1n) is 11.8. The van der Waals surface area contributed by atoms with Crippen LogP contribution in [0.25, 0.3) is 0 Å². The number of ether oxygens (including phenoxy) is 6. The van der Waals surface area contributed by atoms with Gasteiger partial charge >= 0.3 is 5.97 Å². The average Bonchev–Trinajstić information content (AvgIpc) is 3.53. The minimum atomic E-state index is -0.591. The molecule has 5 rings (SSSR count). The third kappa shape index (κ3) is 3.92. The van der Waals surface area contributed by atoms with Gasteiger partial charge in [-0.05, 0) is 54.6 Å². The van der Waals surface area contributed by atoms with Crippen molar-refractivity contribution >= 4 is 18.6 Å². The minimum Gasteiger partial charge on any atom is -0.493 e. The molecule has 2 aliphatic heterocycles. The first-order valence-corrected chi connectivity index (χ1v) is 11.8. The molecule has 2 aromatic carbocycles. The molecule has 0 saturated carbocycles. The number of nitrogens with zero attached hydrogens (tertiary/aromatic N) is 1. The second-order valence-electron chi connectivity index (χ2n) is 8.87. The minimum absolute atomic E-state index is 0.0854. The van der Waals surface area contributed by atoms with Crippen molar-refractivity contribution in [1.82, 2.24) is 5.32 Å². The van der Waals surface area contributed by atoms with Gasteiger partial charge in [-0.1, -0.05) is 6.08 Å². The van der Waals surface area contributed by atoms with E-state index in [1.807, 2.05) is 24.3 Å². The number of nitrogens with one attached hydrogen (secondary N) is 1. The van der Waals surface area contributed by atoms with Crippen LogP contribution in [0.1, 0.15) is 35.6 Å². The summed E-state index contributed by atoms with van der Waals surface area (Å²) in [5.41, 5.74) is 2.57. The second kappa shape index (κ2) is 9.68. The molecule has 37 heavy (non-hydrogen) atoms. The number of amides is 1. The number of benzene rings is 2. The molecule has 0 spiro atoms. The molecule has 194 valence electrons. The van der Waals surface area contributed by atoms with Gasteiger partial charge in [0.15, 0.2) is 23.0 Å². The summed E-state index contributed by atoms with van der Waals surface area (Å²) in [7, 11) is 4.61. The molecule has 1 amide bonds. The lowest BCUT2D eigenvalue weighted by Crippen LogP contribution is -2.43. The van der Waals surface area contributed by atoms with Gasteiger partial charge in [0.1, 0.15) is 5.70 Å². The molecule has 0 radical (unpaired) electrons. The Bertz CT molecular complexity index is 1280. The van der Waals surface area contributed by atoms with Gasteiger partial charge in [-0.3, -0.25) is 14.6 Å². The number of hydrogen-bond donors (Lipinski definition) is 1. The Balaban J connectivity index is 1.71. The maximum absolute atomic E-state index is 13.2. The molecule has 2 heterocycles. The van der Waals surface area contributed by atoms with Gasteiger partial charge in [-0.2, -0.15) is 0 Å². The molecule has 1 fully saturated rings. The number of carbonyl (C=O) groups is 2. The van der Waals surface area contributed by atoms with E-state index in [-0.39, 0.29) is 31.0 Å². The SMILES string of the molecule is C=N/C(=C\C)C(=O)N[C@@H]1c2cc3c(cc2[C@@H](c2cc(OC)c(OC)c(OC)c2)[C@H]2C(=O)OC[C@@H]21)OCO3. The van der Waals surface area contributed by atoms with Crippen LogP contribution in [-0.2, 0) is 14.3 Å². The van der Waals surface area contributed by atoms with Crippen molar-refractivity contribution in [3.8, 4) is 28.7 Å². The van der Waals surface area contributed by atoms with Gasteiger partial charge in [0.2, 0.25) is 12.5 Å². The predicted molar refractivity (Wildman–Crippen MR) is 133 cm³/mol. The summed E-state index contributed by atoms with van der Waals surface area (Å²) in [4.78, 5) is 30.1. The third-order valence-corrected chi connectivity index (χ3v) is 7.20. The van der Waals surface area contributed by atoms with Crippen molar-refractivity contribution < 1.29 is 38.0 Å². The smallest absolute Gasteiger partial charge is 0.310 e. The van der Waals surface area contributed by atoms with Crippen LogP contribution in [0.4, 0.5) is 0 Å². The first kappa shape index (κ1) is 24.5. The molecule has 10 heteroatoms. The van der Waals surface area contributed by atoms with Crippen molar-refractivity contribution in [3.63, 3.8) is 0 Å². The number of cyclic esters (lactones) is 1. The second-order valence-corrected chi connectivity index (χ2v) is 8.87. The summed E-state index contributed by atoms with van der Waals surface area (Å²) in [6.45, 7) is 5.43. The van der Waals surface area contributed by atoms with Gasteiger partial charge in [0, 0.05) is 11.8 Å². The predicted octanol–water partition coefficient (Wildman–Crippen LogP) is 3.14. The van der Waals surface area contributed by atoms with E-state index in [2.05, 4.69) is 17.0 Å². The Hall–Kier alpha value is -4.21. The quantitative estimate of drug-likeness (QED) is 0.345. The summed E-state index contributed by atoms with van der Waals surface area (Å²) >= 11 is 0. The number of allylic oxidation sites excluding steroid dienone is 1. The Labute approximate surface area is 214 Å². The van der Waals surface area contributed by atoms with Crippen LogP contribution in [0, 0.1) is 11.8 Å². The zero-order chi connectivity index (χ0) is 26.3. The van der Waals surface area contributed by atoms with Gasteiger partial charge < -0.3 is 33.7 Å². The first-order chi connectivity index (χ1) is 17.9. The number of carbonyl (C=O) groups excluding carboxylic acids is 2. The molecule has 1 aliphatic carbocycles. The number of hydrogen-bond acceptors (Lipinski definition) is 9. The highest BCUT2D eigenvalue weighted by Gasteiger charge is 2.53. The average molecular weight is 509 g/mol. The standard InChI is InChI=1S/C27H28N2O8/c1-6-17(28-2)26(30)29-24-15-10-19-18(36-12-37-19)9-14(15)22(23-16(24)11-35-27(23)31)13-7-20(32-3)25(34-5)21(8-13)33-4/h6-10,16,22-24H,2,11-12H2,1,3-5H3,(H,29,30)/b17-6-/t16-,22+,23-,24+/m0/s1. The van der Waals surface area contributed by atoms with Crippen LogP contribution in [0.5, 0.6) is 28.7 Å². The number of methoxy groups -OCH3 is 3. The highest BCUT2D eigenvalue weighted by atomic mass is 16.7. The van der Waals surface area contributed by atoms with Crippen molar-refractivity contribution in [2.24, 2.45) is 16.8 Å². The summed E-state index contributed by atoms with van der Waals surface area (Å²) in [5.74, 6) is 0.385. The van der Waals surface area contributed by atoms with E-state index in [9.17, 15) is 9.59 Å². The number of fused-ring (bicyclic) bond motifs is 3. The van der Waals surface area contributed by atoms with Gasteiger partial charge in [-0.25, -0.2) is 0 Å². The van der Waals surface area contributed by atoms with Crippen LogP contribution in [0.2, 0.25) is 0 Å². The number of rotatable bonds is 7. The maximum Gasteiger partial charge on any atom is 0.310 e. The molecule has 10 nitrogen and oxygen atoms in total. The Morgan fingerprint density at radius 1 is 1.03 bits per heavy atom. The van der Waals surface area contributed by atoms with E-state index in [0.29, 0.717) is 28.7 Å². The van der Waals surface area contributed by atoms with E-state index in [1.54, 1.807) is 27.2 Å². The van der Waals surface area contributed by atoms with Crippen molar-refractivity contribution in [3.05, 3.63) is 52.7 Å². The summed E-state index contributed by atoms with van der Waals surface area (Å²) in [6, 6.07) is 6.87. The molecular weight excluding hydrogens is 480 g/mol. The van der Waals surface area contributed by atoms with Crippen molar-refractivity contribution in [2.45, 2.75) is 18.9 Å². The van der Waals surface area contributed by atoms with E-state index in [0.717, 1.165) is 16.7 Å². The Morgan fingerprint density at radius 2 is 1.68 bits per heavy atom. The van der Waals surface area contributed by atoms with Crippen LogP contribution in [0.15, 0.2) is 41.0 Å². The fourth-order valence-electron chi connectivity index (χ4n) is 5.54. The van der Waals surface area contributed by atoms with Crippen LogP contribution in [-0.4, -0.2) is 53.3 Å². The van der Waals surface area contributed by atoms with Crippen molar-refractivity contribution in [1.29, 1.82) is 0 Å². The fraction of sp³-hybridized carbons (Fsp3) is 0.370. The summed E-state index contributed by atoms with van der Waals surface area (Å²) in [6.07, 6.45) is 1.58. The number of esters is 1. The normalized spacial score (nSPS) is 23.5. The monoisotopic (exact) mass is 508 g/mol. The van der Waals surface area contributed by atoms with Gasteiger partial charge in [0.05, 0.1) is 39.9 Å². The van der Waals surface area contributed by atoms with Crippen LogP contribution >= 0.6 is 0 Å². The van der Waals surface area contributed by atoms with Crippen LogP contribution < -0.4 is 29.0 Å². The molecule has 0 bridgehead atoms. The largest absolute Gasteiger partial charge is 0.493 e. The fourth-order valence-corrected chi connectivity index (χ4v) is 5.54. The van der Waals surface area contributed by atoms with E-state index < -0.39 is 23.8 Å². The Kier molecular flexibility index (Phi) is 6.41.